The van der Waals surface area contributed by atoms with E-state index in [2.05, 4.69) is 0 Å². The Bertz CT molecular complexity index is 304. The van der Waals surface area contributed by atoms with Gasteiger partial charge in [-0.3, -0.25) is 0 Å². The molecule has 0 atom stereocenters. The van der Waals surface area contributed by atoms with Crippen molar-refractivity contribution in [3.63, 3.8) is 0 Å². The van der Waals surface area contributed by atoms with Gasteiger partial charge in [-0.25, -0.2) is 4.39 Å². The molecule has 1 aromatic rings. The number of nitrogens with two attached hydrogens (primary N) is 2. The van der Waals surface area contributed by atoms with Gasteiger partial charge in [-0.1, -0.05) is 0 Å². The van der Waals surface area contributed by atoms with Crippen LogP contribution in [0.2, 0.25) is 0 Å². The van der Waals surface area contributed by atoms with Gasteiger partial charge in [0.15, 0.2) is 0 Å². The van der Waals surface area contributed by atoms with E-state index in [1.165, 1.54) is 0 Å². The van der Waals surface area contributed by atoms with Gasteiger partial charge in [0, 0.05) is 0 Å². The zero-order valence-corrected chi connectivity index (χ0v) is 5.63. The number of anilines is 2. The van der Waals surface area contributed by atoms with Crippen LogP contribution >= 0.6 is 0 Å². The molecule has 0 saturated heterocycles. The smallest absolute Gasteiger partial charge is 0.127 e. The molecule has 1 rings (SSSR count). The molecule has 1 aromatic carbocycles. The van der Waals surface area contributed by atoms with E-state index in [0.717, 1.165) is 12.1 Å². The Morgan fingerprint density at radius 3 is 2.09 bits per heavy atom. The van der Waals surface area contributed by atoms with Gasteiger partial charge in [-0.2, -0.15) is 5.26 Å². The SMILES string of the molecule is N#Cc1c(N)cc(F)cc1N. The molecule has 0 fully saturated rings. The third-order valence-electron chi connectivity index (χ3n) is 1.28. The Morgan fingerprint density at radius 1 is 1.27 bits per heavy atom. The van der Waals surface area contributed by atoms with E-state index < -0.39 is 5.82 Å². The average Bonchev–Trinajstić information content (AvgIpc) is 1.85. The number of hydrogen-bond donors (Lipinski definition) is 2. The van der Waals surface area contributed by atoms with E-state index in [4.69, 9.17) is 16.7 Å². The van der Waals surface area contributed by atoms with Gasteiger partial charge in [0.2, 0.25) is 0 Å². The van der Waals surface area contributed by atoms with Crippen LogP contribution in [0.5, 0.6) is 0 Å². The van der Waals surface area contributed by atoms with E-state index >= 15 is 0 Å². The molecule has 0 radical (unpaired) electrons. The third-order valence-corrected chi connectivity index (χ3v) is 1.28. The second-order valence-electron chi connectivity index (χ2n) is 2.07. The quantitative estimate of drug-likeness (QED) is 0.540. The third kappa shape index (κ3) is 1.22. The predicted octanol–water partition coefficient (Wildman–Crippen LogP) is 0.862. The number of benzene rings is 1. The van der Waals surface area contributed by atoms with Gasteiger partial charge in [0.05, 0.1) is 16.9 Å². The highest BCUT2D eigenvalue weighted by Crippen LogP contribution is 2.19. The summed E-state index contributed by atoms with van der Waals surface area (Å²) in [6.45, 7) is 0. The van der Waals surface area contributed by atoms with E-state index in [0.29, 0.717) is 0 Å². The van der Waals surface area contributed by atoms with E-state index in [1.807, 2.05) is 0 Å². The number of halogens is 1. The summed E-state index contributed by atoms with van der Waals surface area (Å²) in [6, 6.07) is 3.90. The zero-order chi connectivity index (χ0) is 8.43. The molecule has 3 nitrogen and oxygen atoms in total. The second kappa shape index (κ2) is 2.46. The van der Waals surface area contributed by atoms with Crippen molar-refractivity contribution < 1.29 is 4.39 Å². The fraction of sp³-hybridized carbons (Fsp3) is 0. The number of nitrogen functional groups attached to an aromatic ring is 2. The minimum Gasteiger partial charge on any atom is -0.398 e. The first kappa shape index (κ1) is 7.35. The molecule has 0 saturated carbocycles. The van der Waals surface area contributed by atoms with E-state index in [-0.39, 0.29) is 16.9 Å². The number of nitrogens with zero attached hydrogens (tertiary/aromatic N) is 1. The molecule has 0 amide bonds. The van der Waals surface area contributed by atoms with Gasteiger partial charge in [0.25, 0.3) is 0 Å². The fourth-order valence-electron chi connectivity index (χ4n) is 0.779. The van der Waals surface area contributed by atoms with Gasteiger partial charge < -0.3 is 11.5 Å². The summed E-state index contributed by atoms with van der Waals surface area (Å²) >= 11 is 0. The van der Waals surface area contributed by atoms with E-state index in [1.54, 1.807) is 6.07 Å². The molecule has 0 aliphatic heterocycles. The van der Waals surface area contributed by atoms with Crippen LogP contribution in [0.1, 0.15) is 5.56 Å². The molecular formula is C7H6FN3. The molecule has 4 N–H and O–H groups in total. The maximum atomic E-state index is 12.5. The van der Waals surface area contributed by atoms with Gasteiger partial charge in [-0.15, -0.1) is 0 Å². The summed E-state index contributed by atoms with van der Waals surface area (Å²) < 4.78 is 12.5. The Labute approximate surface area is 63.0 Å². The first-order valence-electron chi connectivity index (χ1n) is 2.89. The lowest BCUT2D eigenvalue weighted by Crippen LogP contribution is -1.97. The standard InChI is InChI=1S/C7H6FN3/c8-4-1-6(10)5(3-9)7(11)2-4/h1-2H,10-11H2. The molecule has 56 valence electrons. The first-order chi connectivity index (χ1) is 5.15. The van der Waals surface area contributed by atoms with Crippen LogP contribution in [0.4, 0.5) is 15.8 Å². The Kier molecular flexibility index (Phi) is 1.65. The lowest BCUT2D eigenvalue weighted by molar-refractivity contribution is 0.629. The van der Waals surface area contributed by atoms with E-state index in [9.17, 15) is 4.39 Å². The highest BCUT2D eigenvalue weighted by molar-refractivity contribution is 5.67. The Balaban J connectivity index is 3.40. The van der Waals surface area contributed by atoms with Crippen LogP contribution in [0.3, 0.4) is 0 Å². The Hall–Kier alpha value is -1.76. The van der Waals surface area contributed by atoms with Crippen molar-refractivity contribution >= 4 is 11.4 Å². The summed E-state index contributed by atoms with van der Waals surface area (Å²) in [5, 5.41) is 8.46. The zero-order valence-electron chi connectivity index (χ0n) is 5.63. The lowest BCUT2D eigenvalue weighted by atomic mass is 10.1. The molecule has 0 aliphatic carbocycles. The largest absolute Gasteiger partial charge is 0.398 e. The maximum absolute atomic E-state index is 12.5. The van der Waals surface area contributed by atoms with Crippen LogP contribution in [0.15, 0.2) is 12.1 Å². The Morgan fingerprint density at radius 2 is 1.73 bits per heavy atom. The van der Waals surface area contributed by atoms with Crippen LogP contribution in [0, 0.1) is 17.1 Å². The van der Waals surface area contributed by atoms with Gasteiger partial charge in [0.1, 0.15) is 11.9 Å². The summed E-state index contributed by atoms with van der Waals surface area (Å²) in [5.74, 6) is -0.529. The first-order valence-corrected chi connectivity index (χ1v) is 2.89. The van der Waals surface area contributed by atoms with Crippen LogP contribution in [-0.2, 0) is 0 Å². The summed E-state index contributed by atoms with van der Waals surface area (Å²) in [4.78, 5) is 0. The van der Waals surface area contributed by atoms with Gasteiger partial charge >= 0.3 is 0 Å². The van der Waals surface area contributed by atoms with Crippen molar-refractivity contribution in [3.05, 3.63) is 23.5 Å². The average molecular weight is 151 g/mol. The number of rotatable bonds is 0. The molecule has 0 heterocycles. The highest BCUT2D eigenvalue weighted by atomic mass is 19.1. The highest BCUT2D eigenvalue weighted by Gasteiger charge is 2.04. The second-order valence-corrected chi connectivity index (χ2v) is 2.07. The number of hydrogen-bond acceptors (Lipinski definition) is 3. The minimum absolute atomic E-state index is 0.0741. The molecule has 11 heavy (non-hydrogen) atoms. The molecular weight excluding hydrogens is 145 g/mol. The van der Waals surface area contributed by atoms with Crippen molar-refractivity contribution in [3.8, 4) is 6.07 Å². The van der Waals surface area contributed by atoms with Crippen LogP contribution in [-0.4, -0.2) is 0 Å². The molecule has 0 spiro atoms. The molecule has 0 aliphatic rings. The monoisotopic (exact) mass is 151 g/mol. The summed E-state index contributed by atoms with van der Waals surface area (Å²) in [6.07, 6.45) is 0. The molecule has 4 heteroatoms. The van der Waals surface area contributed by atoms with Crippen molar-refractivity contribution in [1.29, 1.82) is 5.26 Å². The predicted molar refractivity (Wildman–Crippen MR) is 39.9 cm³/mol. The summed E-state index contributed by atoms with van der Waals surface area (Å²) in [5.41, 5.74) is 10.9. The van der Waals surface area contributed by atoms with Crippen molar-refractivity contribution in [2.45, 2.75) is 0 Å². The normalized spacial score (nSPS) is 9.09. The minimum atomic E-state index is -0.529. The van der Waals surface area contributed by atoms with Crippen LogP contribution < -0.4 is 11.5 Å². The summed E-state index contributed by atoms with van der Waals surface area (Å²) in [7, 11) is 0. The number of nitriles is 1. The fourth-order valence-corrected chi connectivity index (χ4v) is 0.779. The van der Waals surface area contributed by atoms with Crippen LogP contribution in [0.25, 0.3) is 0 Å². The molecule has 0 bridgehead atoms. The van der Waals surface area contributed by atoms with Crippen molar-refractivity contribution in [2.75, 3.05) is 11.5 Å². The maximum Gasteiger partial charge on any atom is 0.127 e. The topological polar surface area (TPSA) is 75.8 Å². The molecule has 0 unspecified atom stereocenters. The lowest BCUT2D eigenvalue weighted by Gasteiger charge is -2.00. The van der Waals surface area contributed by atoms with Crippen molar-refractivity contribution in [2.24, 2.45) is 0 Å². The van der Waals surface area contributed by atoms with Crippen molar-refractivity contribution in [1.82, 2.24) is 0 Å². The van der Waals surface area contributed by atoms with Gasteiger partial charge in [-0.05, 0) is 12.1 Å². The molecule has 0 aromatic heterocycles.